The van der Waals surface area contributed by atoms with Gasteiger partial charge in [-0.3, -0.25) is 4.79 Å². The van der Waals surface area contributed by atoms with E-state index in [0.717, 1.165) is 12.8 Å². The Morgan fingerprint density at radius 2 is 1.93 bits per heavy atom. The van der Waals surface area contributed by atoms with E-state index in [1.807, 2.05) is 20.8 Å². The number of hydrogen-bond donors (Lipinski definition) is 3. The summed E-state index contributed by atoms with van der Waals surface area (Å²) in [5, 5.41) is 22.7. The molecular formula is C19H29N3O5. The number of likely N-dealkylation sites (N-methyl/N-ethyl adjacent to an activating group) is 1. The minimum Gasteiger partial charge on any atom is -0.477 e. The number of carboxylic acid groups (broad SMARTS) is 1. The third-order valence-electron chi connectivity index (χ3n) is 5.86. The van der Waals surface area contributed by atoms with Gasteiger partial charge in [-0.25, -0.2) is 9.59 Å². The predicted molar refractivity (Wildman–Crippen MR) is 97.6 cm³/mol. The van der Waals surface area contributed by atoms with Gasteiger partial charge < -0.3 is 25.3 Å². The van der Waals surface area contributed by atoms with E-state index in [-0.39, 0.29) is 35.6 Å². The Hall–Kier alpha value is -2.09. The van der Waals surface area contributed by atoms with Crippen LogP contribution in [0, 0.1) is 11.8 Å². The van der Waals surface area contributed by atoms with Gasteiger partial charge >= 0.3 is 12.0 Å². The molecule has 8 heteroatoms. The molecule has 8 nitrogen and oxygen atoms in total. The van der Waals surface area contributed by atoms with E-state index in [2.05, 4.69) is 5.32 Å². The highest BCUT2D eigenvalue weighted by atomic mass is 16.4. The smallest absolute Gasteiger partial charge is 0.352 e. The highest BCUT2D eigenvalue weighted by Gasteiger charge is 2.62. The van der Waals surface area contributed by atoms with Crippen LogP contribution in [0.5, 0.6) is 0 Å². The second-order valence-corrected chi connectivity index (χ2v) is 8.92. The lowest BCUT2D eigenvalue weighted by Crippen LogP contribution is -2.64. The van der Waals surface area contributed by atoms with Gasteiger partial charge in [-0.1, -0.05) is 6.42 Å². The van der Waals surface area contributed by atoms with Crippen LogP contribution in [0.4, 0.5) is 4.79 Å². The van der Waals surface area contributed by atoms with Crippen molar-refractivity contribution in [3.05, 3.63) is 11.3 Å². The van der Waals surface area contributed by atoms with Crippen LogP contribution in [0.2, 0.25) is 0 Å². The van der Waals surface area contributed by atoms with Crippen molar-refractivity contribution in [2.75, 3.05) is 7.05 Å². The summed E-state index contributed by atoms with van der Waals surface area (Å²) in [6.45, 7) is 7.23. The first-order valence-electron chi connectivity index (χ1n) is 9.49. The molecule has 1 unspecified atom stereocenters. The van der Waals surface area contributed by atoms with Crippen molar-refractivity contribution in [1.82, 2.24) is 15.1 Å². The first-order chi connectivity index (χ1) is 12.5. The molecule has 5 atom stereocenters. The summed E-state index contributed by atoms with van der Waals surface area (Å²) in [5.41, 5.74) is 0.253. The summed E-state index contributed by atoms with van der Waals surface area (Å²) in [7, 11) is 1.67. The zero-order valence-electron chi connectivity index (χ0n) is 16.5. The molecule has 2 fully saturated rings. The van der Waals surface area contributed by atoms with Gasteiger partial charge in [0.05, 0.1) is 24.1 Å². The molecule has 3 N–H and O–H groups in total. The lowest BCUT2D eigenvalue weighted by molar-refractivity contribution is -0.163. The Morgan fingerprint density at radius 1 is 1.30 bits per heavy atom. The van der Waals surface area contributed by atoms with E-state index in [0.29, 0.717) is 12.0 Å². The topological polar surface area (TPSA) is 110 Å². The van der Waals surface area contributed by atoms with Crippen LogP contribution in [-0.2, 0) is 9.59 Å². The van der Waals surface area contributed by atoms with E-state index in [1.165, 1.54) is 4.90 Å². The number of amides is 3. The Kier molecular flexibility index (Phi) is 4.74. The van der Waals surface area contributed by atoms with Crippen LogP contribution in [0.25, 0.3) is 0 Å². The molecule has 0 radical (unpaired) electrons. The summed E-state index contributed by atoms with van der Waals surface area (Å²) in [5.74, 6) is -2.19. The minimum atomic E-state index is -1.15. The first-order valence-corrected chi connectivity index (χ1v) is 9.49. The number of fused-ring (bicyclic) bond motifs is 3. The Labute approximate surface area is 159 Å². The number of carbonyl (C=O) groups is 3. The maximum atomic E-state index is 12.7. The van der Waals surface area contributed by atoms with Gasteiger partial charge in [-0.05, 0) is 46.1 Å². The summed E-state index contributed by atoms with van der Waals surface area (Å²) >= 11 is 0. The molecule has 2 aliphatic heterocycles. The first kappa shape index (κ1) is 19.7. The number of rotatable bonds is 3. The average Bonchev–Trinajstić information content (AvgIpc) is 2.83. The molecule has 1 aliphatic carbocycles. The van der Waals surface area contributed by atoms with Crippen molar-refractivity contribution >= 4 is 17.9 Å². The van der Waals surface area contributed by atoms with Gasteiger partial charge in [-0.2, -0.15) is 0 Å². The molecule has 3 rings (SSSR count). The number of carboxylic acids is 1. The fourth-order valence-electron chi connectivity index (χ4n) is 4.81. The van der Waals surface area contributed by atoms with Crippen molar-refractivity contribution < 1.29 is 24.6 Å². The molecule has 1 saturated carbocycles. The molecule has 0 aromatic rings. The van der Waals surface area contributed by atoms with Crippen LogP contribution in [0.15, 0.2) is 11.3 Å². The third kappa shape index (κ3) is 3.09. The monoisotopic (exact) mass is 379 g/mol. The van der Waals surface area contributed by atoms with E-state index < -0.39 is 23.5 Å². The molecule has 3 amide bonds. The number of hydrogen-bond acceptors (Lipinski definition) is 4. The zero-order chi connectivity index (χ0) is 20.3. The number of nitrogens with zero attached hydrogens (tertiary/aromatic N) is 2. The Balaban J connectivity index is 1.96. The highest BCUT2D eigenvalue weighted by Crippen LogP contribution is 2.52. The molecular weight excluding hydrogens is 350 g/mol. The van der Waals surface area contributed by atoms with Crippen LogP contribution >= 0.6 is 0 Å². The molecule has 0 spiro atoms. The van der Waals surface area contributed by atoms with Gasteiger partial charge in [0.15, 0.2) is 0 Å². The fraction of sp³-hybridized carbons (Fsp3) is 0.737. The van der Waals surface area contributed by atoms with Crippen molar-refractivity contribution in [1.29, 1.82) is 0 Å². The largest absolute Gasteiger partial charge is 0.477 e. The maximum Gasteiger partial charge on any atom is 0.352 e. The zero-order valence-corrected chi connectivity index (χ0v) is 16.5. The second-order valence-electron chi connectivity index (χ2n) is 8.92. The highest BCUT2D eigenvalue weighted by molar-refractivity contribution is 6.00. The third-order valence-corrected chi connectivity index (χ3v) is 5.86. The number of aliphatic carboxylic acids is 1. The van der Waals surface area contributed by atoms with Crippen LogP contribution in [0.3, 0.4) is 0 Å². The van der Waals surface area contributed by atoms with Gasteiger partial charge in [0.2, 0.25) is 5.91 Å². The molecule has 1 saturated heterocycles. The number of aliphatic hydroxyl groups excluding tert-OH is 1. The average molecular weight is 379 g/mol. The van der Waals surface area contributed by atoms with Crippen molar-refractivity contribution in [3.63, 3.8) is 0 Å². The van der Waals surface area contributed by atoms with Crippen LogP contribution in [-0.4, -0.2) is 68.7 Å². The number of β-lactam (4-membered cyclic amide) rings is 1. The van der Waals surface area contributed by atoms with Crippen molar-refractivity contribution in [2.24, 2.45) is 11.8 Å². The number of nitrogens with one attached hydrogen (secondary N) is 1. The summed E-state index contributed by atoms with van der Waals surface area (Å²) in [6, 6.07) is -0.955. The van der Waals surface area contributed by atoms with Crippen LogP contribution < -0.4 is 5.32 Å². The summed E-state index contributed by atoms with van der Waals surface area (Å²) in [6.07, 6.45) is 1.43. The summed E-state index contributed by atoms with van der Waals surface area (Å²) in [4.78, 5) is 40.1. The van der Waals surface area contributed by atoms with Crippen molar-refractivity contribution in [2.45, 2.75) is 70.7 Å². The number of urea groups is 1. The fourth-order valence-corrected chi connectivity index (χ4v) is 4.81. The number of aliphatic hydroxyl groups is 1. The molecule has 0 aromatic carbocycles. The Morgan fingerprint density at radius 3 is 2.44 bits per heavy atom. The predicted octanol–water partition coefficient (Wildman–Crippen LogP) is 1.16. The van der Waals surface area contributed by atoms with E-state index in [4.69, 9.17) is 0 Å². The molecule has 150 valence electrons. The van der Waals surface area contributed by atoms with E-state index >= 15 is 0 Å². The quantitative estimate of drug-likeness (QED) is 0.637. The molecule has 2 heterocycles. The van der Waals surface area contributed by atoms with E-state index in [1.54, 1.807) is 18.9 Å². The van der Waals surface area contributed by atoms with Gasteiger partial charge in [0.1, 0.15) is 5.70 Å². The standard InChI is InChI=1S/C19H29N3O5/c1-9(23)12-14-10-7-6-8-11(21(5)18(27)20-19(2,3)4)13(10)15(17(25)26)22(14)16(12)24/h9-12,14,23H,6-8H2,1-5H3,(H,20,27)(H,25,26)/t9?,10-,11-,12+,14+/m0/s1. The molecule has 3 aliphatic rings. The molecule has 0 aromatic heterocycles. The SMILES string of the molecule is CC(O)[C@H]1C(=O)N2C(C(=O)O)=C3[C@H](CCC[C@@H]3N(C)C(=O)NC(C)(C)C)[C@H]12. The van der Waals surface area contributed by atoms with Gasteiger partial charge in [0, 0.05) is 18.5 Å². The van der Waals surface area contributed by atoms with E-state index in [9.17, 15) is 24.6 Å². The molecule has 0 bridgehead atoms. The molecule has 27 heavy (non-hydrogen) atoms. The second kappa shape index (κ2) is 6.51. The Bertz CT molecular complexity index is 709. The maximum absolute atomic E-state index is 12.7. The minimum absolute atomic E-state index is 0.00649. The van der Waals surface area contributed by atoms with Gasteiger partial charge in [-0.15, -0.1) is 0 Å². The lowest BCUT2D eigenvalue weighted by atomic mass is 9.71. The summed E-state index contributed by atoms with van der Waals surface area (Å²) < 4.78 is 0. The van der Waals surface area contributed by atoms with Crippen LogP contribution in [0.1, 0.15) is 47.0 Å². The lowest BCUT2D eigenvalue weighted by Gasteiger charge is -2.48. The number of carbonyl (C=O) groups excluding carboxylic acids is 2. The normalized spacial score (nSPS) is 31.0. The van der Waals surface area contributed by atoms with Crippen molar-refractivity contribution in [3.8, 4) is 0 Å². The van der Waals surface area contributed by atoms with Gasteiger partial charge in [0.25, 0.3) is 0 Å².